The number of methoxy groups -OCH3 is 2. The van der Waals surface area contributed by atoms with E-state index < -0.39 is 0 Å². The first-order chi connectivity index (χ1) is 12.2. The third kappa shape index (κ3) is 5.67. The van der Waals surface area contributed by atoms with Crippen LogP contribution in [0.2, 0.25) is 0 Å². The molecule has 5 nitrogen and oxygen atoms in total. The summed E-state index contributed by atoms with van der Waals surface area (Å²) in [5.74, 6) is 2.45. The van der Waals surface area contributed by atoms with Gasteiger partial charge in [-0.1, -0.05) is 12.1 Å². The van der Waals surface area contributed by atoms with Crippen molar-refractivity contribution >= 4 is 17.3 Å². The van der Waals surface area contributed by atoms with Crippen molar-refractivity contribution in [2.75, 3.05) is 34.4 Å². The minimum absolute atomic E-state index is 0.709. The van der Waals surface area contributed by atoms with Gasteiger partial charge in [-0.3, -0.25) is 0 Å². The van der Waals surface area contributed by atoms with Crippen molar-refractivity contribution in [3.8, 4) is 11.5 Å². The van der Waals surface area contributed by atoms with E-state index in [-0.39, 0.29) is 0 Å². The molecule has 1 aromatic heterocycles. The van der Waals surface area contributed by atoms with E-state index in [1.54, 1.807) is 25.6 Å². The highest BCUT2D eigenvalue weighted by molar-refractivity contribution is 7.09. The molecule has 25 heavy (non-hydrogen) atoms. The van der Waals surface area contributed by atoms with Crippen molar-refractivity contribution in [2.45, 2.75) is 19.9 Å². The van der Waals surface area contributed by atoms with Gasteiger partial charge in [0.05, 0.1) is 20.8 Å². The molecule has 1 N–H and O–H groups in total. The highest BCUT2D eigenvalue weighted by Crippen LogP contribution is 2.27. The molecule has 0 radical (unpaired) electrons. The molecule has 1 heterocycles. The lowest BCUT2D eigenvalue weighted by Gasteiger charge is -2.22. The molecule has 0 fully saturated rings. The van der Waals surface area contributed by atoms with Gasteiger partial charge in [0.2, 0.25) is 0 Å². The zero-order valence-corrected chi connectivity index (χ0v) is 16.2. The largest absolute Gasteiger partial charge is 0.493 e. The number of nitrogens with zero attached hydrogens (tertiary/aromatic N) is 2. The van der Waals surface area contributed by atoms with E-state index >= 15 is 0 Å². The zero-order chi connectivity index (χ0) is 18.1. The summed E-state index contributed by atoms with van der Waals surface area (Å²) in [6, 6.07) is 10.2. The maximum Gasteiger partial charge on any atom is 0.194 e. The molecular formula is C19H27N3O2S. The lowest BCUT2D eigenvalue weighted by Crippen LogP contribution is -2.39. The summed E-state index contributed by atoms with van der Waals surface area (Å²) in [6.45, 7) is 4.51. The summed E-state index contributed by atoms with van der Waals surface area (Å²) in [5.41, 5.74) is 1.21. The first-order valence-electron chi connectivity index (χ1n) is 8.40. The smallest absolute Gasteiger partial charge is 0.194 e. The van der Waals surface area contributed by atoms with Gasteiger partial charge in [-0.15, -0.1) is 11.3 Å². The van der Waals surface area contributed by atoms with Crippen LogP contribution >= 0.6 is 11.3 Å². The van der Waals surface area contributed by atoms with Crippen LogP contribution in [-0.4, -0.2) is 45.2 Å². The number of rotatable bonds is 8. The second-order valence-corrected chi connectivity index (χ2v) is 6.64. The van der Waals surface area contributed by atoms with Crippen LogP contribution < -0.4 is 14.8 Å². The molecule has 0 amide bonds. The third-order valence-electron chi connectivity index (χ3n) is 3.85. The molecule has 6 heteroatoms. The summed E-state index contributed by atoms with van der Waals surface area (Å²) in [5, 5.41) is 5.44. The van der Waals surface area contributed by atoms with Gasteiger partial charge in [0.25, 0.3) is 0 Å². The van der Waals surface area contributed by atoms with Gasteiger partial charge in [-0.25, -0.2) is 4.99 Å². The molecule has 0 bridgehead atoms. The fourth-order valence-electron chi connectivity index (χ4n) is 2.46. The summed E-state index contributed by atoms with van der Waals surface area (Å²) in [6.07, 6.45) is 0.903. The van der Waals surface area contributed by atoms with Crippen molar-refractivity contribution in [1.82, 2.24) is 10.2 Å². The third-order valence-corrected chi connectivity index (χ3v) is 4.71. The van der Waals surface area contributed by atoms with Crippen LogP contribution in [0.5, 0.6) is 11.5 Å². The summed E-state index contributed by atoms with van der Waals surface area (Å²) >= 11 is 1.73. The SMILES string of the molecule is CCNC(=NCc1cccs1)N(C)CCc1ccc(OC)c(OC)c1. The fraction of sp³-hybridized carbons (Fsp3) is 0.421. The number of likely N-dealkylation sites (N-methyl/N-ethyl adjacent to an activating group) is 1. The highest BCUT2D eigenvalue weighted by Gasteiger charge is 2.08. The van der Waals surface area contributed by atoms with E-state index in [9.17, 15) is 0 Å². The van der Waals surface area contributed by atoms with Crippen molar-refractivity contribution in [2.24, 2.45) is 4.99 Å². The van der Waals surface area contributed by atoms with Crippen LogP contribution in [0.25, 0.3) is 0 Å². The number of aliphatic imine (C=N–C) groups is 1. The molecule has 1 aromatic carbocycles. The Hall–Kier alpha value is -2.21. The first-order valence-corrected chi connectivity index (χ1v) is 9.28. The van der Waals surface area contributed by atoms with Gasteiger partial charge in [-0.2, -0.15) is 0 Å². The number of hydrogen-bond acceptors (Lipinski definition) is 4. The number of thiophene rings is 1. The Labute approximate surface area is 154 Å². The summed E-state index contributed by atoms with van der Waals surface area (Å²) in [4.78, 5) is 8.15. The molecule has 0 aliphatic rings. The lowest BCUT2D eigenvalue weighted by atomic mass is 10.1. The van der Waals surface area contributed by atoms with Crippen molar-refractivity contribution < 1.29 is 9.47 Å². The van der Waals surface area contributed by atoms with Crippen LogP contribution in [-0.2, 0) is 13.0 Å². The Morgan fingerprint density at radius 2 is 2.00 bits per heavy atom. The molecule has 2 rings (SSSR count). The van der Waals surface area contributed by atoms with E-state index in [0.717, 1.165) is 37.0 Å². The van der Waals surface area contributed by atoms with Gasteiger partial charge in [0.1, 0.15) is 0 Å². The number of nitrogens with one attached hydrogen (secondary N) is 1. The van der Waals surface area contributed by atoms with Crippen molar-refractivity contribution in [1.29, 1.82) is 0 Å². The zero-order valence-electron chi connectivity index (χ0n) is 15.4. The van der Waals surface area contributed by atoms with Crippen LogP contribution in [0.15, 0.2) is 40.7 Å². The monoisotopic (exact) mass is 361 g/mol. The molecule has 0 spiro atoms. The molecule has 0 saturated carbocycles. The maximum atomic E-state index is 5.38. The number of hydrogen-bond donors (Lipinski definition) is 1. The molecule has 0 unspecified atom stereocenters. The Morgan fingerprint density at radius 3 is 2.64 bits per heavy atom. The van der Waals surface area contributed by atoms with E-state index in [4.69, 9.17) is 14.5 Å². The average Bonchev–Trinajstić information content (AvgIpc) is 3.16. The Morgan fingerprint density at radius 1 is 1.20 bits per heavy atom. The predicted octanol–water partition coefficient (Wildman–Crippen LogP) is 3.41. The molecule has 0 aliphatic heterocycles. The van der Waals surface area contributed by atoms with Crippen LogP contribution in [0.4, 0.5) is 0 Å². The van der Waals surface area contributed by atoms with Crippen molar-refractivity contribution in [3.05, 3.63) is 46.2 Å². The second-order valence-electron chi connectivity index (χ2n) is 5.61. The Bertz CT molecular complexity index is 671. The molecule has 0 aliphatic carbocycles. The lowest BCUT2D eigenvalue weighted by molar-refractivity contribution is 0.354. The summed E-state index contributed by atoms with van der Waals surface area (Å²) in [7, 11) is 5.38. The molecular weight excluding hydrogens is 334 g/mol. The van der Waals surface area contributed by atoms with Crippen LogP contribution in [0, 0.1) is 0 Å². The predicted molar refractivity (Wildman–Crippen MR) is 105 cm³/mol. The standard InChI is InChI=1S/C19H27N3O2S/c1-5-20-19(21-14-16-7-6-12-25-16)22(2)11-10-15-8-9-17(23-3)18(13-15)24-4/h6-9,12-13H,5,10-11,14H2,1-4H3,(H,20,21). The summed E-state index contributed by atoms with van der Waals surface area (Å²) < 4.78 is 10.7. The number of ether oxygens (including phenoxy) is 2. The van der Waals surface area contributed by atoms with E-state index in [1.165, 1.54) is 10.4 Å². The van der Waals surface area contributed by atoms with E-state index in [0.29, 0.717) is 6.54 Å². The van der Waals surface area contributed by atoms with Gasteiger partial charge in [0.15, 0.2) is 17.5 Å². The van der Waals surface area contributed by atoms with Gasteiger partial charge < -0.3 is 19.7 Å². The molecule has 2 aromatic rings. The first kappa shape index (κ1) is 19.1. The Kier molecular flexibility index (Phi) is 7.60. The van der Waals surface area contributed by atoms with Crippen molar-refractivity contribution in [3.63, 3.8) is 0 Å². The van der Waals surface area contributed by atoms with E-state index in [2.05, 4.69) is 47.8 Å². The van der Waals surface area contributed by atoms with Gasteiger partial charge in [0, 0.05) is 25.0 Å². The van der Waals surface area contributed by atoms with E-state index in [1.807, 2.05) is 12.1 Å². The minimum Gasteiger partial charge on any atom is -0.493 e. The van der Waals surface area contributed by atoms with Gasteiger partial charge in [-0.05, 0) is 42.5 Å². The second kappa shape index (κ2) is 9.93. The molecule has 0 atom stereocenters. The van der Waals surface area contributed by atoms with Crippen LogP contribution in [0.1, 0.15) is 17.4 Å². The fourth-order valence-corrected chi connectivity index (χ4v) is 3.09. The number of guanidine groups is 1. The van der Waals surface area contributed by atoms with Crippen LogP contribution in [0.3, 0.4) is 0 Å². The minimum atomic E-state index is 0.709. The topological polar surface area (TPSA) is 46.1 Å². The normalized spacial score (nSPS) is 11.3. The van der Waals surface area contributed by atoms with Gasteiger partial charge >= 0.3 is 0 Å². The maximum absolute atomic E-state index is 5.38. The number of benzene rings is 1. The highest BCUT2D eigenvalue weighted by atomic mass is 32.1. The quantitative estimate of drug-likeness (QED) is 0.578. The molecule has 0 saturated heterocycles. The Balaban J connectivity index is 1.98. The average molecular weight is 362 g/mol. The molecule has 136 valence electrons.